The van der Waals surface area contributed by atoms with Crippen LogP contribution in [-0.4, -0.2) is 11.1 Å². The molecule has 0 aliphatic carbocycles. The number of aryl methyl sites for hydroxylation is 1. The predicted molar refractivity (Wildman–Crippen MR) is 65.3 cm³/mol. The van der Waals surface area contributed by atoms with Crippen LogP contribution in [0.3, 0.4) is 0 Å². The third kappa shape index (κ3) is 3.07. The summed E-state index contributed by atoms with van der Waals surface area (Å²) >= 11 is 0. The van der Waals surface area contributed by atoms with Gasteiger partial charge in [-0.1, -0.05) is 0 Å². The van der Waals surface area contributed by atoms with E-state index in [0.717, 1.165) is 12.1 Å². The summed E-state index contributed by atoms with van der Waals surface area (Å²) in [5.41, 5.74) is -0.299. The summed E-state index contributed by atoms with van der Waals surface area (Å²) in [4.78, 5) is 11.2. The monoisotopic (exact) mass is 264 g/mol. The van der Waals surface area contributed by atoms with Gasteiger partial charge in [-0.05, 0) is 42.8 Å². The number of benzene rings is 1. The van der Waals surface area contributed by atoms with Crippen LogP contribution in [0.4, 0.5) is 8.78 Å². The summed E-state index contributed by atoms with van der Waals surface area (Å²) < 4.78 is 31.4. The van der Waals surface area contributed by atoms with Crippen molar-refractivity contribution in [2.24, 2.45) is 0 Å². The van der Waals surface area contributed by atoms with Gasteiger partial charge < -0.3 is 9.52 Å². The maximum absolute atomic E-state index is 13.1. The van der Waals surface area contributed by atoms with Crippen LogP contribution in [0.5, 0.6) is 0 Å². The van der Waals surface area contributed by atoms with Gasteiger partial charge in [0.05, 0.1) is 5.57 Å². The van der Waals surface area contributed by atoms with Crippen LogP contribution in [0.1, 0.15) is 17.1 Å². The third-order valence-corrected chi connectivity index (χ3v) is 2.45. The molecule has 0 spiro atoms. The van der Waals surface area contributed by atoms with E-state index < -0.39 is 17.6 Å². The molecule has 0 saturated heterocycles. The number of carboxylic acid groups (broad SMARTS) is 1. The number of aliphatic carboxylic acids is 1. The Kier molecular flexibility index (Phi) is 3.46. The van der Waals surface area contributed by atoms with E-state index in [1.54, 1.807) is 19.1 Å². The van der Waals surface area contributed by atoms with Crippen molar-refractivity contribution in [2.45, 2.75) is 6.92 Å². The molecule has 98 valence electrons. The zero-order valence-electron chi connectivity index (χ0n) is 9.98. The fraction of sp³-hybridized carbons (Fsp3) is 0.0714. The molecule has 0 fully saturated rings. The Morgan fingerprint density at radius 3 is 2.32 bits per heavy atom. The van der Waals surface area contributed by atoms with Crippen LogP contribution >= 0.6 is 0 Å². The average molecular weight is 264 g/mol. The van der Waals surface area contributed by atoms with E-state index in [1.807, 2.05) is 0 Å². The highest BCUT2D eigenvalue weighted by molar-refractivity contribution is 6.20. The van der Waals surface area contributed by atoms with Crippen LogP contribution in [0, 0.1) is 18.6 Å². The maximum atomic E-state index is 13.1. The maximum Gasteiger partial charge on any atom is 0.336 e. The van der Waals surface area contributed by atoms with Gasteiger partial charge in [-0.3, -0.25) is 0 Å². The molecule has 0 amide bonds. The fourth-order valence-electron chi connectivity index (χ4n) is 1.65. The molecular weight excluding hydrogens is 254 g/mol. The lowest BCUT2D eigenvalue weighted by atomic mass is 10.0. The Bertz CT molecular complexity index is 636. The lowest BCUT2D eigenvalue weighted by molar-refractivity contribution is -0.130. The minimum atomic E-state index is -1.29. The van der Waals surface area contributed by atoms with Crippen molar-refractivity contribution in [3.63, 3.8) is 0 Å². The first kappa shape index (κ1) is 13.0. The molecule has 0 unspecified atom stereocenters. The quantitative estimate of drug-likeness (QED) is 0.863. The summed E-state index contributed by atoms with van der Waals surface area (Å²) in [7, 11) is 0. The van der Waals surface area contributed by atoms with E-state index in [9.17, 15) is 13.6 Å². The van der Waals surface area contributed by atoms with E-state index in [4.69, 9.17) is 9.52 Å². The van der Waals surface area contributed by atoms with Crippen molar-refractivity contribution < 1.29 is 23.1 Å². The molecular formula is C14H10F2O3. The topological polar surface area (TPSA) is 50.4 Å². The van der Waals surface area contributed by atoms with Crippen LogP contribution in [-0.2, 0) is 4.79 Å². The normalized spacial score (nSPS) is 11.6. The number of hydrogen-bond acceptors (Lipinski definition) is 2. The van der Waals surface area contributed by atoms with Crippen LogP contribution in [0.2, 0.25) is 0 Å². The average Bonchev–Trinajstić information content (AvgIpc) is 2.70. The number of rotatable bonds is 3. The van der Waals surface area contributed by atoms with Gasteiger partial charge in [0.1, 0.15) is 23.2 Å². The predicted octanol–water partition coefficient (Wildman–Crippen LogP) is 3.49. The van der Waals surface area contributed by atoms with E-state index in [0.29, 0.717) is 17.6 Å². The molecule has 1 heterocycles. The van der Waals surface area contributed by atoms with Crippen LogP contribution < -0.4 is 0 Å². The minimum Gasteiger partial charge on any atom is -0.478 e. The summed E-state index contributed by atoms with van der Waals surface area (Å²) in [6.07, 6.45) is 1.23. The molecule has 2 rings (SSSR count). The van der Waals surface area contributed by atoms with Crippen molar-refractivity contribution >= 4 is 17.6 Å². The van der Waals surface area contributed by atoms with Crippen molar-refractivity contribution in [1.82, 2.24) is 0 Å². The second-order valence-electron chi connectivity index (χ2n) is 3.97. The second kappa shape index (κ2) is 5.06. The Hall–Kier alpha value is -2.43. The zero-order chi connectivity index (χ0) is 14.0. The summed E-state index contributed by atoms with van der Waals surface area (Å²) in [6.45, 7) is 1.71. The molecule has 0 aliphatic rings. The molecule has 1 N–H and O–H groups in total. The molecule has 2 aromatic rings. The summed E-state index contributed by atoms with van der Waals surface area (Å²) in [5, 5.41) is 9.12. The molecule has 0 bridgehead atoms. The zero-order valence-corrected chi connectivity index (χ0v) is 9.98. The first-order valence-corrected chi connectivity index (χ1v) is 5.43. The highest BCUT2D eigenvalue weighted by atomic mass is 19.1. The Morgan fingerprint density at radius 2 is 1.84 bits per heavy atom. The second-order valence-corrected chi connectivity index (χ2v) is 3.97. The van der Waals surface area contributed by atoms with Crippen LogP contribution in [0.25, 0.3) is 11.6 Å². The van der Waals surface area contributed by atoms with Crippen LogP contribution in [0.15, 0.2) is 34.7 Å². The molecule has 0 aliphatic heterocycles. The van der Waals surface area contributed by atoms with E-state index in [-0.39, 0.29) is 11.1 Å². The van der Waals surface area contributed by atoms with Gasteiger partial charge in [0.15, 0.2) is 0 Å². The smallest absolute Gasteiger partial charge is 0.336 e. The molecule has 3 nitrogen and oxygen atoms in total. The largest absolute Gasteiger partial charge is 0.478 e. The molecule has 1 aromatic carbocycles. The van der Waals surface area contributed by atoms with Gasteiger partial charge in [-0.2, -0.15) is 0 Å². The van der Waals surface area contributed by atoms with E-state index >= 15 is 0 Å². The van der Waals surface area contributed by atoms with Crippen molar-refractivity contribution in [3.05, 3.63) is 59.1 Å². The third-order valence-electron chi connectivity index (χ3n) is 2.45. The standard InChI is InChI=1S/C14H10F2O3/c1-8-2-3-12(19-8)7-13(14(17)18)9-4-10(15)6-11(16)5-9/h2-7H,1H3,(H,17,18)/b13-7-. The van der Waals surface area contributed by atoms with Crippen molar-refractivity contribution in [1.29, 1.82) is 0 Å². The Morgan fingerprint density at radius 1 is 1.21 bits per heavy atom. The number of hydrogen-bond donors (Lipinski definition) is 1. The molecule has 5 heteroatoms. The molecule has 1 aromatic heterocycles. The lowest BCUT2D eigenvalue weighted by Crippen LogP contribution is -2.00. The van der Waals surface area contributed by atoms with Gasteiger partial charge in [0.25, 0.3) is 0 Å². The molecule has 19 heavy (non-hydrogen) atoms. The Balaban J connectivity index is 2.51. The molecule has 0 atom stereocenters. The minimum absolute atomic E-state index is 0.0564. The van der Waals surface area contributed by atoms with E-state index in [2.05, 4.69) is 0 Å². The molecule has 0 radical (unpaired) electrons. The van der Waals surface area contributed by atoms with Crippen molar-refractivity contribution in [3.8, 4) is 0 Å². The molecule has 0 saturated carbocycles. The van der Waals surface area contributed by atoms with E-state index in [1.165, 1.54) is 6.08 Å². The van der Waals surface area contributed by atoms with Gasteiger partial charge in [0, 0.05) is 6.07 Å². The number of carbonyl (C=O) groups is 1. The van der Waals surface area contributed by atoms with Gasteiger partial charge in [-0.25, -0.2) is 13.6 Å². The van der Waals surface area contributed by atoms with Gasteiger partial charge in [-0.15, -0.1) is 0 Å². The number of halogens is 2. The van der Waals surface area contributed by atoms with Gasteiger partial charge in [0.2, 0.25) is 0 Å². The van der Waals surface area contributed by atoms with Gasteiger partial charge >= 0.3 is 5.97 Å². The number of furan rings is 1. The summed E-state index contributed by atoms with van der Waals surface area (Å²) in [5.74, 6) is -2.05. The highest BCUT2D eigenvalue weighted by Gasteiger charge is 2.14. The fourth-order valence-corrected chi connectivity index (χ4v) is 1.65. The summed E-state index contributed by atoms with van der Waals surface area (Å²) in [6, 6.07) is 5.84. The van der Waals surface area contributed by atoms with Crippen molar-refractivity contribution in [2.75, 3.05) is 0 Å². The number of carboxylic acids is 1. The lowest BCUT2D eigenvalue weighted by Gasteiger charge is -2.03. The first-order valence-electron chi connectivity index (χ1n) is 5.43. The SMILES string of the molecule is Cc1ccc(/C=C(\C(=O)O)c2cc(F)cc(F)c2)o1. The first-order chi connectivity index (χ1) is 8.95. The highest BCUT2D eigenvalue weighted by Crippen LogP contribution is 2.21. The Labute approximate surface area is 107 Å².